The number of aromatic nitrogens is 3. The van der Waals surface area contributed by atoms with Crippen molar-refractivity contribution >= 4 is 17.7 Å². The number of alkyl halides is 3. The number of nitrogens with zero attached hydrogens (tertiary/aromatic N) is 3. The lowest BCUT2D eigenvalue weighted by atomic mass is 10.1. The second kappa shape index (κ2) is 11.6. The van der Waals surface area contributed by atoms with E-state index in [1.165, 1.54) is 17.8 Å². The zero-order valence-corrected chi connectivity index (χ0v) is 21.1. The number of thioether (sulfide) groups is 1. The fraction of sp³-hybridized carbons (Fsp3) is 0.222. The SMILES string of the molecule is COCc1nnc(SCc2ccccc2C(=O)NCc2cccc(C(F)(F)F)c2)n1-c1cccc(C)c1. The topological polar surface area (TPSA) is 69.0 Å². The van der Waals surface area contributed by atoms with Gasteiger partial charge in [-0.3, -0.25) is 9.36 Å². The molecule has 0 spiro atoms. The number of halogens is 3. The number of aryl methyl sites for hydroxylation is 1. The van der Waals surface area contributed by atoms with E-state index in [2.05, 4.69) is 15.5 Å². The van der Waals surface area contributed by atoms with Crippen LogP contribution in [0.1, 0.15) is 38.4 Å². The Bertz CT molecular complexity index is 1390. The van der Waals surface area contributed by atoms with Crippen molar-refractivity contribution in [2.75, 3.05) is 7.11 Å². The summed E-state index contributed by atoms with van der Waals surface area (Å²) < 4.78 is 46.2. The molecule has 1 aromatic heterocycles. The number of hydrogen-bond acceptors (Lipinski definition) is 5. The van der Waals surface area contributed by atoms with Gasteiger partial charge in [-0.25, -0.2) is 0 Å². The van der Waals surface area contributed by atoms with Gasteiger partial charge in [-0.1, -0.05) is 54.2 Å². The average molecular weight is 527 g/mol. The molecule has 0 radical (unpaired) electrons. The molecule has 0 unspecified atom stereocenters. The van der Waals surface area contributed by atoms with E-state index in [1.807, 2.05) is 47.9 Å². The summed E-state index contributed by atoms with van der Waals surface area (Å²) in [6.45, 7) is 2.27. The first-order valence-electron chi connectivity index (χ1n) is 11.4. The third-order valence-corrected chi connectivity index (χ3v) is 6.54. The van der Waals surface area contributed by atoms with Crippen LogP contribution in [-0.4, -0.2) is 27.8 Å². The summed E-state index contributed by atoms with van der Waals surface area (Å²) in [5.74, 6) is 0.723. The van der Waals surface area contributed by atoms with Gasteiger partial charge >= 0.3 is 6.18 Å². The van der Waals surface area contributed by atoms with Crippen LogP contribution in [0.5, 0.6) is 0 Å². The van der Waals surface area contributed by atoms with E-state index >= 15 is 0 Å². The second-order valence-corrected chi connectivity index (χ2v) is 9.28. The maximum absolute atomic E-state index is 13.0. The Labute approximate surface area is 216 Å². The number of benzene rings is 3. The van der Waals surface area contributed by atoms with Gasteiger partial charge in [0, 0.05) is 30.7 Å². The Morgan fingerprint density at radius 3 is 2.57 bits per heavy atom. The minimum atomic E-state index is -4.44. The molecule has 0 fully saturated rings. The lowest BCUT2D eigenvalue weighted by Gasteiger charge is -2.13. The van der Waals surface area contributed by atoms with Crippen LogP contribution >= 0.6 is 11.8 Å². The molecular weight excluding hydrogens is 501 g/mol. The molecule has 0 aliphatic heterocycles. The Morgan fingerprint density at radius 2 is 1.81 bits per heavy atom. The molecule has 1 heterocycles. The summed E-state index contributed by atoms with van der Waals surface area (Å²) in [6.07, 6.45) is -4.44. The standard InChI is InChI=1S/C27H25F3N4O2S/c1-18-7-5-11-22(13-18)34-24(16-36-2)32-33-26(34)37-17-20-9-3-4-12-23(20)25(35)31-15-19-8-6-10-21(14-19)27(28,29)30/h3-14H,15-17H2,1-2H3,(H,31,35). The van der Waals surface area contributed by atoms with Crippen molar-refractivity contribution in [3.63, 3.8) is 0 Å². The third kappa shape index (κ3) is 6.58. The molecule has 37 heavy (non-hydrogen) atoms. The Kier molecular flexibility index (Phi) is 8.30. The summed E-state index contributed by atoms with van der Waals surface area (Å²) in [6, 6.07) is 20.0. The van der Waals surface area contributed by atoms with E-state index in [1.54, 1.807) is 25.3 Å². The van der Waals surface area contributed by atoms with Crippen molar-refractivity contribution in [2.24, 2.45) is 0 Å². The Morgan fingerprint density at radius 1 is 1.03 bits per heavy atom. The number of nitrogens with one attached hydrogen (secondary N) is 1. The van der Waals surface area contributed by atoms with Crippen LogP contribution < -0.4 is 5.32 Å². The minimum Gasteiger partial charge on any atom is -0.377 e. The molecule has 3 aromatic carbocycles. The van der Waals surface area contributed by atoms with E-state index in [-0.39, 0.29) is 19.1 Å². The number of rotatable bonds is 9. The zero-order valence-electron chi connectivity index (χ0n) is 20.2. The smallest absolute Gasteiger partial charge is 0.377 e. The Balaban J connectivity index is 1.50. The monoisotopic (exact) mass is 526 g/mol. The molecule has 1 amide bonds. The molecule has 192 valence electrons. The Hall–Kier alpha value is -3.63. The van der Waals surface area contributed by atoms with Gasteiger partial charge < -0.3 is 10.1 Å². The van der Waals surface area contributed by atoms with Crippen molar-refractivity contribution in [3.8, 4) is 5.69 Å². The van der Waals surface area contributed by atoms with Gasteiger partial charge in [0.25, 0.3) is 5.91 Å². The average Bonchev–Trinajstić information content (AvgIpc) is 3.28. The number of amides is 1. The van der Waals surface area contributed by atoms with Crippen molar-refractivity contribution in [1.82, 2.24) is 20.1 Å². The molecule has 4 rings (SSSR count). The molecule has 0 saturated heterocycles. The third-order valence-electron chi connectivity index (χ3n) is 5.56. The fourth-order valence-corrected chi connectivity index (χ4v) is 4.76. The van der Waals surface area contributed by atoms with E-state index < -0.39 is 11.7 Å². The molecule has 0 aliphatic rings. The summed E-state index contributed by atoms with van der Waals surface area (Å²) in [5.41, 5.74) is 2.83. The molecular formula is C27H25F3N4O2S. The van der Waals surface area contributed by atoms with Gasteiger partial charge in [0.2, 0.25) is 0 Å². The molecule has 0 atom stereocenters. The highest BCUT2D eigenvalue weighted by atomic mass is 32.2. The van der Waals surface area contributed by atoms with E-state index in [0.717, 1.165) is 28.9 Å². The van der Waals surface area contributed by atoms with E-state index in [0.29, 0.717) is 27.9 Å². The van der Waals surface area contributed by atoms with Gasteiger partial charge in [-0.05, 0) is 53.9 Å². The maximum Gasteiger partial charge on any atom is 0.416 e. The van der Waals surface area contributed by atoms with Crippen LogP contribution in [0, 0.1) is 6.92 Å². The molecule has 1 N–H and O–H groups in total. The molecule has 6 nitrogen and oxygen atoms in total. The minimum absolute atomic E-state index is 0.0215. The maximum atomic E-state index is 13.0. The van der Waals surface area contributed by atoms with Gasteiger partial charge in [0.05, 0.1) is 5.56 Å². The lowest BCUT2D eigenvalue weighted by Crippen LogP contribution is -2.24. The highest BCUT2D eigenvalue weighted by Gasteiger charge is 2.30. The van der Waals surface area contributed by atoms with Crippen LogP contribution in [0.15, 0.2) is 78.0 Å². The van der Waals surface area contributed by atoms with Crippen molar-refractivity contribution in [1.29, 1.82) is 0 Å². The molecule has 4 aromatic rings. The van der Waals surface area contributed by atoms with Gasteiger partial charge in [-0.2, -0.15) is 13.2 Å². The number of ether oxygens (including phenoxy) is 1. The summed E-state index contributed by atoms with van der Waals surface area (Å²) >= 11 is 1.43. The van der Waals surface area contributed by atoms with Crippen molar-refractivity contribution in [2.45, 2.75) is 37.2 Å². The largest absolute Gasteiger partial charge is 0.416 e. The number of carbonyl (C=O) groups is 1. The fourth-order valence-electron chi connectivity index (χ4n) is 3.79. The summed E-state index contributed by atoms with van der Waals surface area (Å²) in [7, 11) is 1.59. The van der Waals surface area contributed by atoms with Crippen LogP contribution in [0.2, 0.25) is 0 Å². The number of hydrogen-bond donors (Lipinski definition) is 1. The van der Waals surface area contributed by atoms with Crippen LogP contribution in [0.4, 0.5) is 13.2 Å². The van der Waals surface area contributed by atoms with Crippen LogP contribution in [0.3, 0.4) is 0 Å². The first-order valence-corrected chi connectivity index (χ1v) is 12.4. The quantitative estimate of drug-likeness (QED) is 0.273. The van der Waals surface area contributed by atoms with Crippen molar-refractivity contribution in [3.05, 3.63) is 106 Å². The highest BCUT2D eigenvalue weighted by molar-refractivity contribution is 7.98. The lowest BCUT2D eigenvalue weighted by molar-refractivity contribution is -0.137. The van der Waals surface area contributed by atoms with Gasteiger partial charge in [-0.15, -0.1) is 10.2 Å². The first-order chi connectivity index (χ1) is 17.8. The first kappa shape index (κ1) is 26.4. The van der Waals surface area contributed by atoms with Gasteiger partial charge in [0.1, 0.15) is 6.61 Å². The zero-order chi connectivity index (χ0) is 26.4. The van der Waals surface area contributed by atoms with Crippen molar-refractivity contribution < 1.29 is 22.7 Å². The van der Waals surface area contributed by atoms with Gasteiger partial charge in [0.15, 0.2) is 11.0 Å². The number of carbonyl (C=O) groups excluding carboxylic acids is 1. The molecule has 10 heteroatoms. The van der Waals surface area contributed by atoms with E-state index in [9.17, 15) is 18.0 Å². The predicted molar refractivity (Wildman–Crippen MR) is 135 cm³/mol. The summed E-state index contributed by atoms with van der Waals surface area (Å²) in [4.78, 5) is 13.0. The highest BCUT2D eigenvalue weighted by Crippen LogP contribution is 2.30. The molecule has 0 bridgehead atoms. The summed E-state index contributed by atoms with van der Waals surface area (Å²) in [5, 5.41) is 12.0. The molecule has 0 saturated carbocycles. The second-order valence-electron chi connectivity index (χ2n) is 8.33. The predicted octanol–water partition coefficient (Wildman–Crippen LogP) is 5.96. The van der Waals surface area contributed by atoms with E-state index in [4.69, 9.17) is 4.74 Å². The van der Waals surface area contributed by atoms with Crippen LogP contribution in [-0.2, 0) is 29.8 Å². The normalized spacial score (nSPS) is 11.5. The molecule has 0 aliphatic carbocycles. The van der Waals surface area contributed by atoms with Crippen LogP contribution in [0.25, 0.3) is 5.69 Å². The number of methoxy groups -OCH3 is 1.